The molecule has 1 fully saturated rings. The summed E-state index contributed by atoms with van der Waals surface area (Å²) in [6.45, 7) is 15.6. The van der Waals surface area contributed by atoms with Crippen molar-refractivity contribution in [3.63, 3.8) is 0 Å². The summed E-state index contributed by atoms with van der Waals surface area (Å²) in [4.78, 5) is 23.1. The lowest BCUT2D eigenvalue weighted by Gasteiger charge is -2.45. The SMILES string of the molecule is CCO[C@H]1O[C@H](CO[Si](C)(C)C(C)(C)C)[C@@H](N)[C@H](OC(C)=O)[C@@H]1OC(C)=O. The van der Waals surface area contributed by atoms with Gasteiger partial charge in [0, 0.05) is 20.5 Å². The molecule has 0 unspecified atom stereocenters. The van der Waals surface area contributed by atoms with Crippen LogP contribution in [0.2, 0.25) is 18.1 Å². The van der Waals surface area contributed by atoms with Crippen molar-refractivity contribution in [3.05, 3.63) is 0 Å². The van der Waals surface area contributed by atoms with E-state index in [1.54, 1.807) is 6.92 Å². The van der Waals surface area contributed by atoms with Crippen molar-refractivity contribution in [2.24, 2.45) is 5.73 Å². The Morgan fingerprint density at radius 1 is 1.07 bits per heavy atom. The Labute approximate surface area is 163 Å². The molecule has 0 saturated carbocycles. The maximum absolute atomic E-state index is 11.6. The Kier molecular flexibility index (Phi) is 8.43. The highest BCUT2D eigenvalue weighted by Crippen LogP contribution is 2.37. The average Bonchev–Trinajstić information content (AvgIpc) is 2.50. The van der Waals surface area contributed by atoms with E-state index in [0.29, 0.717) is 6.61 Å². The number of hydrogen-bond donors (Lipinski definition) is 1. The molecule has 0 aliphatic carbocycles. The molecule has 0 amide bonds. The van der Waals surface area contributed by atoms with E-state index in [4.69, 9.17) is 29.1 Å². The molecule has 2 N–H and O–H groups in total. The molecular formula is C18H35NO7Si. The summed E-state index contributed by atoms with van der Waals surface area (Å²) in [5.74, 6) is -1.05. The third kappa shape index (κ3) is 6.53. The number of rotatable bonds is 7. The molecule has 0 aromatic heterocycles. The van der Waals surface area contributed by atoms with Gasteiger partial charge in [0.1, 0.15) is 6.10 Å². The summed E-state index contributed by atoms with van der Waals surface area (Å²) in [5.41, 5.74) is 6.32. The van der Waals surface area contributed by atoms with Crippen molar-refractivity contribution in [3.8, 4) is 0 Å². The minimum Gasteiger partial charge on any atom is -0.457 e. The molecule has 1 aliphatic heterocycles. The van der Waals surface area contributed by atoms with Crippen molar-refractivity contribution in [1.29, 1.82) is 0 Å². The number of esters is 2. The van der Waals surface area contributed by atoms with Crippen LogP contribution in [0, 0.1) is 0 Å². The van der Waals surface area contributed by atoms with Crippen LogP contribution < -0.4 is 5.73 Å². The summed E-state index contributed by atoms with van der Waals surface area (Å²) < 4.78 is 28.5. The second-order valence-electron chi connectivity index (χ2n) is 8.30. The van der Waals surface area contributed by atoms with E-state index in [2.05, 4.69) is 33.9 Å². The first-order chi connectivity index (χ1) is 12.3. The molecule has 5 atom stereocenters. The van der Waals surface area contributed by atoms with Crippen molar-refractivity contribution in [2.45, 2.75) is 90.3 Å². The zero-order chi connectivity index (χ0) is 21.0. The Morgan fingerprint density at radius 3 is 2.04 bits per heavy atom. The van der Waals surface area contributed by atoms with Crippen LogP contribution >= 0.6 is 0 Å². The largest absolute Gasteiger partial charge is 0.457 e. The average molecular weight is 406 g/mol. The minimum atomic E-state index is -2.03. The first-order valence-electron chi connectivity index (χ1n) is 9.31. The molecular weight excluding hydrogens is 370 g/mol. The lowest BCUT2D eigenvalue weighted by Crippen LogP contribution is -2.65. The van der Waals surface area contributed by atoms with Crippen LogP contribution in [0.15, 0.2) is 0 Å². The minimum absolute atomic E-state index is 0.0284. The first kappa shape index (κ1) is 24.0. The van der Waals surface area contributed by atoms with Crippen LogP contribution in [0.5, 0.6) is 0 Å². The normalized spacial score (nSPS) is 29.3. The van der Waals surface area contributed by atoms with Gasteiger partial charge < -0.3 is 29.1 Å². The standard InChI is InChI=1S/C18H35NO7Si/c1-9-22-17-16(25-12(3)21)15(24-11(2)20)14(19)13(26-17)10-23-27(7,8)18(4,5)6/h13-17H,9-10,19H2,1-8H3/t13-,14-,15+,16+,17+/m1/s1. The van der Waals surface area contributed by atoms with Gasteiger partial charge in [0.15, 0.2) is 26.8 Å². The zero-order valence-electron chi connectivity index (χ0n) is 17.7. The summed E-state index contributed by atoms with van der Waals surface area (Å²) in [5, 5.41) is 0.0284. The fourth-order valence-corrected chi connectivity index (χ4v) is 3.55. The molecule has 158 valence electrons. The molecule has 0 radical (unpaired) electrons. The van der Waals surface area contributed by atoms with E-state index in [0.717, 1.165) is 0 Å². The lowest BCUT2D eigenvalue weighted by molar-refractivity contribution is -0.282. The van der Waals surface area contributed by atoms with Crippen molar-refractivity contribution in [2.75, 3.05) is 13.2 Å². The smallest absolute Gasteiger partial charge is 0.303 e. The molecule has 1 aliphatic rings. The van der Waals surface area contributed by atoms with Crippen LogP contribution in [0.25, 0.3) is 0 Å². The number of hydrogen-bond acceptors (Lipinski definition) is 8. The molecule has 8 nitrogen and oxygen atoms in total. The Balaban J connectivity index is 3.03. The van der Waals surface area contributed by atoms with E-state index < -0.39 is 50.9 Å². The summed E-state index contributed by atoms with van der Waals surface area (Å²) in [6.07, 6.45) is -3.28. The maximum Gasteiger partial charge on any atom is 0.303 e. The van der Waals surface area contributed by atoms with Gasteiger partial charge in [-0.15, -0.1) is 0 Å². The summed E-state index contributed by atoms with van der Waals surface area (Å²) >= 11 is 0. The van der Waals surface area contributed by atoms with Gasteiger partial charge in [0.25, 0.3) is 0 Å². The van der Waals surface area contributed by atoms with Crippen LogP contribution in [0.3, 0.4) is 0 Å². The quantitative estimate of drug-likeness (QED) is 0.506. The van der Waals surface area contributed by atoms with Crippen molar-refractivity contribution < 1.29 is 33.0 Å². The van der Waals surface area contributed by atoms with Crippen LogP contribution in [0.4, 0.5) is 0 Å². The first-order valence-corrected chi connectivity index (χ1v) is 12.2. The van der Waals surface area contributed by atoms with Gasteiger partial charge in [-0.3, -0.25) is 9.59 Å². The Hall–Kier alpha value is -1.00. The van der Waals surface area contributed by atoms with E-state index in [9.17, 15) is 9.59 Å². The number of carbonyl (C=O) groups is 2. The van der Waals surface area contributed by atoms with E-state index in [-0.39, 0.29) is 11.6 Å². The van der Waals surface area contributed by atoms with Gasteiger partial charge in [-0.1, -0.05) is 20.8 Å². The molecule has 27 heavy (non-hydrogen) atoms. The topological polar surface area (TPSA) is 106 Å². The van der Waals surface area contributed by atoms with Gasteiger partial charge in [-0.25, -0.2) is 0 Å². The highest BCUT2D eigenvalue weighted by molar-refractivity contribution is 6.74. The third-order valence-electron chi connectivity index (χ3n) is 5.06. The number of nitrogens with two attached hydrogens (primary N) is 1. The van der Waals surface area contributed by atoms with Gasteiger partial charge in [0.05, 0.1) is 12.6 Å². The van der Waals surface area contributed by atoms with Gasteiger partial charge in [-0.2, -0.15) is 0 Å². The highest BCUT2D eigenvalue weighted by atomic mass is 28.4. The molecule has 0 aromatic carbocycles. The van der Waals surface area contributed by atoms with Gasteiger partial charge in [-0.05, 0) is 25.1 Å². The second kappa shape index (κ2) is 9.47. The Morgan fingerprint density at radius 2 is 1.59 bits per heavy atom. The lowest BCUT2D eigenvalue weighted by atomic mass is 9.96. The van der Waals surface area contributed by atoms with E-state index >= 15 is 0 Å². The van der Waals surface area contributed by atoms with Crippen molar-refractivity contribution >= 4 is 20.3 Å². The van der Waals surface area contributed by atoms with Gasteiger partial charge in [0.2, 0.25) is 0 Å². The van der Waals surface area contributed by atoms with E-state index in [1.165, 1.54) is 13.8 Å². The Bertz CT molecular complexity index is 520. The number of carbonyl (C=O) groups excluding carboxylic acids is 2. The molecule has 0 spiro atoms. The predicted octanol–water partition coefficient (Wildman–Crippen LogP) is 1.96. The monoisotopic (exact) mass is 405 g/mol. The molecule has 1 heterocycles. The van der Waals surface area contributed by atoms with Gasteiger partial charge >= 0.3 is 11.9 Å². The molecule has 1 rings (SSSR count). The van der Waals surface area contributed by atoms with Crippen LogP contribution in [-0.2, 0) is 33.0 Å². The number of ether oxygens (including phenoxy) is 4. The molecule has 0 bridgehead atoms. The fourth-order valence-electron chi connectivity index (χ4n) is 2.53. The zero-order valence-corrected chi connectivity index (χ0v) is 18.7. The predicted molar refractivity (Wildman–Crippen MR) is 103 cm³/mol. The van der Waals surface area contributed by atoms with Crippen molar-refractivity contribution in [1.82, 2.24) is 0 Å². The highest BCUT2D eigenvalue weighted by Gasteiger charge is 2.49. The molecule has 1 saturated heterocycles. The molecule has 9 heteroatoms. The third-order valence-corrected chi connectivity index (χ3v) is 9.56. The second-order valence-corrected chi connectivity index (χ2v) is 13.1. The van der Waals surface area contributed by atoms with Crippen LogP contribution in [0.1, 0.15) is 41.5 Å². The molecule has 0 aromatic rings. The maximum atomic E-state index is 11.6. The van der Waals surface area contributed by atoms with E-state index in [1.807, 2.05) is 0 Å². The fraction of sp³-hybridized carbons (Fsp3) is 0.889. The summed E-state index contributed by atoms with van der Waals surface area (Å²) in [6, 6.07) is -0.722. The summed E-state index contributed by atoms with van der Waals surface area (Å²) in [7, 11) is -2.03. The van der Waals surface area contributed by atoms with Crippen LogP contribution in [-0.4, -0.2) is 64.1 Å².